The van der Waals surface area contributed by atoms with E-state index in [1.807, 2.05) is 36.5 Å². The Kier molecular flexibility index (Phi) is 2.34. The summed E-state index contributed by atoms with van der Waals surface area (Å²) in [6.45, 7) is 0.741. The number of pyridine rings is 2. The topological polar surface area (TPSA) is 47.7 Å². The number of rotatable bonds is 1. The molecule has 0 fully saturated rings. The van der Waals surface area contributed by atoms with Crippen LogP contribution in [0.1, 0.15) is 5.69 Å². The Labute approximate surface area is 142 Å². The summed E-state index contributed by atoms with van der Waals surface area (Å²) in [5.74, 6) is 1.11. The Hall–Kier alpha value is -3.47. The summed E-state index contributed by atoms with van der Waals surface area (Å²) in [6.07, 6.45) is 3.61. The van der Waals surface area contributed by atoms with Crippen molar-refractivity contribution >= 4 is 22.3 Å². The van der Waals surface area contributed by atoms with Gasteiger partial charge in [0.1, 0.15) is 12.2 Å². The summed E-state index contributed by atoms with van der Waals surface area (Å²) in [7, 11) is 0. The fraction of sp³-hybridized carbons (Fsp3) is 0.0500. The first-order valence-electron chi connectivity index (χ1n) is 8.23. The summed E-state index contributed by atoms with van der Waals surface area (Å²) in [6, 6.07) is 18.4. The second kappa shape index (κ2) is 4.54. The van der Waals surface area contributed by atoms with Crippen LogP contribution in [0.5, 0.6) is 0 Å². The molecule has 5 aromatic rings. The van der Waals surface area contributed by atoms with E-state index in [0.29, 0.717) is 5.71 Å². The summed E-state index contributed by atoms with van der Waals surface area (Å²) in [4.78, 5) is 8.96. The van der Waals surface area contributed by atoms with Gasteiger partial charge in [0.15, 0.2) is 0 Å². The van der Waals surface area contributed by atoms with Gasteiger partial charge in [-0.3, -0.25) is 4.98 Å². The second-order valence-corrected chi connectivity index (χ2v) is 6.19. The predicted octanol–water partition coefficient (Wildman–Crippen LogP) is 3.48. The molecule has 5 heterocycles. The van der Waals surface area contributed by atoms with Crippen LogP contribution in [0.25, 0.3) is 39.4 Å². The molecule has 118 valence electrons. The van der Waals surface area contributed by atoms with Crippen molar-refractivity contribution in [3.8, 4) is 17.1 Å². The zero-order valence-corrected chi connectivity index (χ0v) is 13.3. The highest BCUT2D eigenvalue weighted by Crippen LogP contribution is 2.36. The van der Waals surface area contributed by atoms with E-state index in [4.69, 9.17) is 4.42 Å². The summed E-state index contributed by atoms with van der Waals surface area (Å²) in [5, 5.41) is 1.03. The molecule has 0 amide bonds. The molecular formula is C20H13N4O+. The molecule has 0 N–H and O–H groups in total. The molecule has 25 heavy (non-hydrogen) atoms. The number of hydrogen-bond donors (Lipinski definition) is 0. The van der Waals surface area contributed by atoms with Gasteiger partial charge in [-0.1, -0.05) is 18.2 Å². The molecule has 0 aliphatic carbocycles. The Morgan fingerprint density at radius 2 is 1.76 bits per heavy atom. The van der Waals surface area contributed by atoms with Gasteiger partial charge in [-0.25, -0.2) is 9.55 Å². The fourth-order valence-electron chi connectivity index (χ4n) is 3.80. The fourth-order valence-corrected chi connectivity index (χ4v) is 3.80. The van der Waals surface area contributed by atoms with Gasteiger partial charge in [-0.05, 0) is 36.4 Å². The van der Waals surface area contributed by atoms with E-state index < -0.39 is 0 Å². The van der Waals surface area contributed by atoms with Crippen LogP contribution in [0.15, 0.2) is 71.4 Å². The van der Waals surface area contributed by atoms with Crippen molar-refractivity contribution in [3.63, 3.8) is 0 Å². The molecule has 0 saturated heterocycles. The normalized spacial score (nSPS) is 12.6. The number of nitrogens with zero attached hydrogens (tertiary/aromatic N) is 4. The first-order valence-corrected chi connectivity index (χ1v) is 8.23. The van der Waals surface area contributed by atoms with E-state index in [-0.39, 0.29) is 0 Å². The van der Waals surface area contributed by atoms with E-state index in [1.165, 1.54) is 0 Å². The standard InChI is InChI=1S/C20H13N4O/c1-2-6-13(7-3-1)24-19-14-8-4-10-21-16(14)12-23(19)17-15-9-5-11-22-18(15)25-20(17)24/h1-11H,12H2/q+1. The third-order valence-electron chi connectivity index (χ3n) is 4.82. The quantitative estimate of drug-likeness (QED) is 0.435. The van der Waals surface area contributed by atoms with E-state index in [0.717, 1.165) is 45.9 Å². The average molecular weight is 325 g/mol. The lowest BCUT2D eigenvalue weighted by Gasteiger charge is -1.99. The van der Waals surface area contributed by atoms with Crippen molar-refractivity contribution in [3.05, 3.63) is 72.7 Å². The van der Waals surface area contributed by atoms with E-state index in [9.17, 15) is 0 Å². The van der Waals surface area contributed by atoms with Crippen molar-refractivity contribution in [2.24, 2.45) is 0 Å². The number of imidazole rings is 1. The lowest BCUT2D eigenvalue weighted by molar-refractivity contribution is -0.645. The minimum atomic E-state index is 0.663. The van der Waals surface area contributed by atoms with Gasteiger partial charge in [-0.15, -0.1) is 0 Å². The smallest absolute Gasteiger partial charge is 0.346 e. The van der Waals surface area contributed by atoms with Crippen LogP contribution in [0.2, 0.25) is 0 Å². The van der Waals surface area contributed by atoms with Crippen LogP contribution in [0.4, 0.5) is 0 Å². The third-order valence-corrected chi connectivity index (χ3v) is 4.82. The highest BCUT2D eigenvalue weighted by Gasteiger charge is 2.38. The van der Waals surface area contributed by atoms with Crippen LogP contribution in [0.3, 0.4) is 0 Å². The number of fused-ring (bicyclic) bond motifs is 7. The van der Waals surface area contributed by atoms with Gasteiger partial charge in [-0.2, -0.15) is 4.57 Å². The minimum Gasteiger partial charge on any atom is -0.400 e. The molecule has 0 bridgehead atoms. The van der Waals surface area contributed by atoms with Crippen LogP contribution in [-0.2, 0) is 6.54 Å². The van der Waals surface area contributed by atoms with Gasteiger partial charge in [0.05, 0.1) is 16.6 Å². The van der Waals surface area contributed by atoms with Gasteiger partial charge >= 0.3 is 5.71 Å². The van der Waals surface area contributed by atoms with Crippen molar-refractivity contribution in [2.75, 3.05) is 0 Å². The van der Waals surface area contributed by atoms with Crippen molar-refractivity contribution in [1.29, 1.82) is 0 Å². The molecule has 5 heteroatoms. The number of hydrogen-bond acceptors (Lipinski definition) is 3. The summed E-state index contributed by atoms with van der Waals surface area (Å²) < 4.78 is 10.6. The molecule has 0 saturated carbocycles. The largest absolute Gasteiger partial charge is 0.400 e. The molecule has 5 nitrogen and oxygen atoms in total. The number of furan rings is 1. The van der Waals surface area contributed by atoms with Crippen molar-refractivity contribution in [1.82, 2.24) is 14.5 Å². The highest BCUT2D eigenvalue weighted by molar-refractivity contribution is 5.99. The SMILES string of the molecule is c1ccc(-n2c3[n+](c4c5cccnc5oc42)Cc2ncccc2-3)cc1. The maximum atomic E-state index is 6.16. The van der Waals surface area contributed by atoms with Crippen LogP contribution >= 0.6 is 0 Å². The third kappa shape index (κ3) is 1.59. The van der Waals surface area contributed by atoms with E-state index in [1.54, 1.807) is 6.20 Å². The molecule has 0 spiro atoms. The molecule has 0 atom stereocenters. The Bertz CT molecular complexity index is 1270. The Balaban J connectivity index is 1.83. The number of aromatic nitrogens is 4. The maximum absolute atomic E-state index is 6.16. The van der Waals surface area contributed by atoms with E-state index in [2.05, 4.69) is 43.4 Å². The molecule has 1 aliphatic heterocycles. The maximum Gasteiger partial charge on any atom is 0.346 e. The number of para-hydroxylation sites is 1. The zero-order valence-electron chi connectivity index (χ0n) is 13.3. The van der Waals surface area contributed by atoms with Crippen LogP contribution in [0, 0.1) is 0 Å². The van der Waals surface area contributed by atoms with E-state index >= 15 is 0 Å². The molecule has 1 aromatic carbocycles. The molecular weight excluding hydrogens is 312 g/mol. The summed E-state index contributed by atoms with van der Waals surface area (Å²) in [5.41, 5.74) is 5.86. The zero-order chi connectivity index (χ0) is 16.4. The van der Waals surface area contributed by atoms with Crippen LogP contribution < -0.4 is 4.57 Å². The molecule has 6 rings (SSSR count). The molecule has 0 radical (unpaired) electrons. The predicted molar refractivity (Wildman–Crippen MR) is 93.4 cm³/mol. The lowest BCUT2D eigenvalue weighted by atomic mass is 10.2. The van der Waals surface area contributed by atoms with Gasteiger partial charge in [0, 0.05) is 12.4 Å². The first-order chi connectivity index (χ1) is 12.4. The summed E-state index contributed by atoms with van der Waals surface area (Å²) >= 11 is 0. The molecule has 0 unspecified atom stereocenters. The lowest BCUT2D eigenvalue weighted by Crippen LogP contribution is -2.31. The second-order valence-electron chi connectivity index (χ2n) is 6.19. The highest BCUT2D eigenvalue weighted by atomic mass is 16.4. The van der Waals surface area contributed by atoms with Crippen LogP contribution in [-0.4, -0.2) is 14.5 Å². The Morgan fingerprint density at radius 3 is 2.68 bits per heavy atom. The van der Waals surface area contributed by atoms with Gasteiger partial charge < -0.3 is 4.42 Å². The monoisotopic (exact) mass is 325 g/mol. The molecule has 4 aromatic heterocycles. The van der Waals surface area contributed by atoms with Gasteiger partial charge in [0.2, 0.25) is 11.2 Å². The molecule has 1 aliphatic rings. The minimum absolute atomic E-state index is 0.663. The average Bonchev–Trinajstić information content (AvgIpc) is 3.29. The van der Waals surface area contributed by atoms with Gasteiger partial charge in [0.25, 0.3) is 5.82 Å². The van der Waals surface area contributed by atoms with Crippen molar-refractivity contribution < 1.29 is 8.98 Å². The number of benzene rings is 1. The van der Waals surface area contributed by atoms with Crippen molar-refractivity contribution in [2.45, 2.75) is 6.54 Å². The first kappa shape index (κ1) is 12.9. The Morgan fingerprint density at radius 1 is 0.920 bits per heavy atom.